The Labute approximate surface area is 98.7 Å². The summed E-state index contributed by atoms with van der Waals surface area (Å²) in [6, 6.07) is 5.25. The summed E-state index contributed by atoms with van der Waals surface area (Å²) in [6.07, 6.45) is 0.872. The first-order valence-corrected chi connectivity index (χ1v) is 5.48. The van der Waals surface area contributed by atoms with Gasteiger partial charge < -0.3 is 4.98 Å². The van der Waals surface area contributed by atoms with Crippen molar-refractivity contribution in [1.82, 2.24) is 9.97 Å². The van der Waals surface area contributed by atoms with Gasteiger partial charge in [0.2, 0.25) is 0 Å². The van der Waals surface area contributed by atoms with Crippen molar-refractivity contribution in [1.29, 1.82) is 0 Å². The van der Waals surface area contributed by atoms with E-state index in [0.29, 0.717) is 17.0 Å². The molecule has 0 bridgehead atoms. The molecule has 1 aromatic carbocycles. The number of imidazole rings is 1. The molecule has 1 N–H and O–H groups in total. The molecule has 2 rings (SSSR count). The van der Waals surface area contributed by atoms with E-state index in [1.165, 1.54) is 0 Å². The first-order chi connectivity index (χ1) is 8.11. The maximum Gasteiger partial charge on any atom is 0.264 e. The zero-order chi connectivity index (χ0) is 12.4. The monoisotopic (exact) mass is 236 g/mol. The van der Waals surface area contributed by atoms with Crippen LogP contribution in [0.1, 0.15) is 41.8 Å². The molecular formula is C13H14F2N2. The molecule has 0 aliphatic rings. The average molecular weight is 236 g/mol. The summed E-state index contributed by atoms with van der Waals surface area (Å²) >= 11 is 0. The van der Waals surface area contributed by atoms with Crippen molar-refractivity contribution in [2.24, 2.45) is 0 Å². The van der Waals surface area contributed by atoms with Gasteiger partial charge in [0.15, 0.2) is 0 Å². The molecule has 0 aliphatic heterocycles. The second kappa shape index (κ2) is 4.65. The molecule has 0 amide bonds. The highest BCUT2D eigenvalue weighted by molar-refractivity contribution is 5.39. The van der Waals surface area contributed by atoms with E-state index < -0.39 is 6.43 Å². The van der Waals surface area contributed by atoms with Gasteiger partial charge in [0.25, 0.3) is 6.43 Å². The highest BCUT2D eigenvalue weighted by Gasteiger charge is 2.21. The van der Waals surface area contributed by atoms with E-state index in [1.807, 2.05) is 6.92 Å². The van der Waals surface area contributed by atoms with Crippen molar-refractivity contribution >= 4 is 0 Å². The van der Waals surface area contributed by atoms with Crippen LogP contribution >= 0.6 is 0 Å². The number of H-pyrrole nitrogens is 1. The molecule has 0 aliphatic carbocycles. The first-order valence-electron chi connectivity index (χ1n) is 5.48. The predicted molar refractivity (Wildman–Crippen MR) is 62.2 cm³/mol. The van der Waals surface area contributed by atoms with E-state index in [-0.39, 0.29) is 11.5 Å². The average Bonchev–Trinajstić information content (AvgIpc) is 2.80. The van der Waals surface area contributed by atoms with Gasteiger partial charge in [0.05, 0.1) is 0 Å². The number of nitrogens with zero attached hydrogens (tertiary/aromatic N) is 1. The van der Waals surface area contributed by atoms with Crippen LogP contribution in [0.15, 0.2) is 30.6 Å². The normalized spacial score (nSPS) is 13.0. The number of hydrogen-bond donors (Lipinski definition) is 1. The van der Waals surface area contributed by atoms with E-state index in [2.05, 4.69) is 9.97 Å². The fraction of sp³-hybridized carbons (Fsp3) is 0.308. The molecule has 1 aromatic heterocycles. The number of hydrogen-bond acceptors (Lipinski definition) is 1. The van der Waals surface area contributed by atoms with Crippen LogP contribution in [0, 0.1) is 6.92 Å². The number of aromatic nitrogens is 2. The topological polar surface area (TPSA) is 28.7 Å². The summed E-state index contributed by atoms with van der Waals surface area (Å²) in [5, 5.41) is 0. The molecule has 0 saturated carbocycles. The smallest absolute Gasteiger partial charge is 0.264 e. The van der Waals surface area contributed by atoms with Crippen LogP contribution in [-0.2, 0) is 0 Å². The maximum absolute atomic E-state index is 13.1. The van der Waals surface area contributed by atoms with Crippen molar-refractivity contribution in [3.05, 3.63) is 53.1 Å². The zero-order valence-corrected chi connectivity index (χ0v) is 9.74. The Hall–Kier alpha value is -1.71. The van der Waals surface area contributed by atoms with Crippen LogP contribution in [0.3, 0.4) is 0 Å². The lowest BCUT2D eigenvalue weighted by Gasteiger charge is -2.16. The Kier molecular flexibility index (Phi) is 3.22. The molecule has 90 valence electrons. The van der Waals surface area contributed by atoms with Crippen LogP contribution in [0.5, 0.6) is 0 Å². The molecule has 0 radical (unpaired) electrons. The maximum atomic E-state index is 13.1. The van der Waals surface area contributed by atoms with Crippen LogP contribution in [0.2, 0.25) is 0 Å². The van der Waals surface area contributed by atoms with Gasteiger partial charge in [-0.15, -0.1) is 0 Å². The van der Waals surface area contributed by atoms with Crippen molar-refractivity contribution in [2.45, 2.75) is 26.2 Å². The third-order valence-electron chi connectivity index (χ3n) is 2.97. The van der Waals surface area contributed by atoms with Crippen LogP contribution in [0.4, 0.5) is 8.78 Å². The van der Waals surface area contributed by atoms with Crippen molar-refractivity contribution in [3.8, 4) is 0 Å². The fourth-order valence-electron chi connectivity index (χ4n) is 2.04. The highest BCUT2D eigenvalue weighted by Crippen LogP contribution is 2.33. The van der Waals surface area contributed by atoms with E-state index in [9.17, 15) is 8.78 Å². The molecule has 0 saturated heterocycles. The minimum absolute atomic E-state index is 0.122. The first kappa shape index (κ1) is 11.8. The molecule has 1 atom stereocenters. The summed E-state index contributed by atoms with van der Waals surface area (Å²) in [5.41, 5.74) is 1.38. The Balaban J connectivity index is 2.48. The zero-order valence-electron chi connectivity index (χ0n) is 9.74. The van der Waals surface area contributed by atoms with E-state index in [0.717, 1.165) is 0 Å². The largest absolute Gasteiger partial charge is 0.348 e. The lowest BCUT2D eigenvalue weighted by Crippen LogP contribution is -2.05. The lowest BCUT2D eigenvalue weighted by molar-refractivity contribution is 0.149. The van der Waals surface area contributed by atoms with Gasteiger partial charge in [-0.2, -0.15) is 0 Å². The summed E-state index contributed by atoms with van der Waals surface area (Å²) in [6.45, 7) is 3.58. The van der Waals surface area contributed by atoms with Crippen LogP contribution < -0.4 is 0 Å². The number of aryl methyl sites for hydroxylation is 1. The van der Waals surface area contributed by atoms with Crippen molar-refractivity contribution in [2.75, 3.05) is 0 Å². The quantitative estimate of drug-likeness (QED) is 0.862. The van der Waals surface area contributed by atoms with Gasteiger partial charge in [-0.05, 0) is 18.1 Å². The number of alkyl halides is 2. The van der Waals surface area contributed by atoms with Crippen LogP contribution in [-0.4, -0.2) is 9.97 Å². The van der Waals surface area contributed by atoms with Crippen molar-refractivity contribution < 1.29 is 8.78 Å². The number of benzene rings is 1. The number of rotatable bonds is 3. The Morgan fingerprint density at radius 3 is 2.65 bits per heavy atom. The highest BCUT2D eigenvalue weighted by atomic mass is 19.3. The molecule has 0 fully saturated rings. The van der Waals surface area contributed by atoms with Crippen molar-refractivity contribution in [3.63, 3.8) is 0 Å². The molecule has 0 spiro atoms. The number of nitrogens with one attached hydrogen (secondary N) is 1. The van der Waals surface area contributed by atoms with Gasteiger partial charge in [0.1, 0.15) is 5.82 Å². The number of halogens is 2. The van der Waals surface area contributed by atoms with Gasteiger partial charge in [-0.1, -0.05) is 25.1 Å². The molecule has 2 aromatic rings. The van der Waals surface area contributed by atoms with Gasteiger partial charge in [-0.3, -0.25) is 0 Å². The molecule has 0 unspecified atom stereocenters. The van der Waals surface area contributed by atoms with Gasteiger partial charge >= 0.3 is 0 Å². The summed E-state index contributed by atoms with van der Waals surface area (Å²) in [7, 11) is 0. The van der Waals surface area contributed by atoms with E-state index >= 15 is 0 Å². The number of aromatic amines is 1. The second-order valence-electron chi connectivity index (χ2n) is 4.07. The Morgan fingerprint density at radius 1 is 1.29 bits per heavy atom. The SMILES string of the molecule is Cc1cccc([C@H](C)c2ncc[nH]2)c1C(F)F. The summed E-state index contributed by atoms with van der Waals surface area (Å²) in [4.78, 5) is 7.09. The van der Waals surface area contributed by atoms with Crippen LogP contribution in [0.25, 0.3) is 0 Å². The third kappa shape index (κ3) is 2.20. The molecule has 1 heterocycles. The van der Waals surface area contributed by atoms with E-state index in [4.69, 9.17) is 0 Å². The summed E-state index contributed by atoms with van der Waals surface area (Å²) in [5.74, 6) is 0.548. The summed E-state index contributed by atoms with van der Waals surface area (Å²) < 4.78 is 26.1. The van der Waals surface area contributed by atoms with E-state index in [1.54, 1.807) is 37.5 Å². The van der Waals surface area contributed by atoms with Gasteiger partial charge in [0, 0.05) is 23.9 Å². The predicted octanol–water partition coefficient (Wildman–Crippen LogP) is 3.81. The minimum Gasteiger partial charge on any atom is -0.348 e. The third-order valence-corrected chi connectivity index (χ3v) is 2.97. The van der Waals surface area contributed by atoms with Gasteiger partial charge in [-0.25, -0.2) is 13.8 Å². The Bertz CT molecular complexity index is 492. The minimum atomic E-state index is -2.45. The molecule has 2 nitrogen and oxygen atoms in total. The standard InChI is InChI=1S/C13H14F2N2/c1-8-4-3-5-10(11(8)12(14)15)9(2)13-16-6-7-17-13/h3-7,9,12H,1-2H3,(H,16,17)/t9-/m0/s1. The molecule has 4 heteroatoms. The Morgan fingerprint density at radius 2 is 2.06 bits per heavy atom. The fourth-order valence-corrected chi connectivity index (χ4v) is 2.04. The lowest BCUT2D eigenvalue weighted by atomic mass is 9.92. The second-order valence-corrected chi connectivity index (χ2v) is 4.07. The molecular weight excluding hydrogens is 222 g/mol. The molecule has 17 heavy (non-hydrogen) atoms.